The molecule has 1 saturated carbocycles. The van der Waals surface area contributed by atoms with Crippen LogP contribution in [0.4, 0.5) is 0 Å². The van der Waals surface area contributed by atoms with Crippen LogP contribution in [0.1, 0.15) is 91.4 Å². The van der Waals surface area contributed by atoms with E-state index in [1.54, 1.807) is 0 Å². The summed E-state index contributed by atoms with van der Waals surface area (Å²) in [4.78, 5) is 12.2. The molecule has 0 amide bonds. The SMILES string of the molecule is CCCCCCC[C@H]1C(=O)C[C@@H](O)[C@@H]1/C=C/CC(C)(O)CCCC. The number of Topliss-reactive ketones (excluding diaryl/α,β-unsaturated/α-hetero) is 1. The molecular formula is C21H38O3. The minimum absolute atomic E-state index is 0.0292. The number of ketones is 1. The zero-order chi connectivity index (χ0) is 18.0. The second kappa shape index (κ2) is 11.0. The zero-order valence-corrected chi connectivity index (χ0v) is 16.0. The number of hydrogen-bond donors (Lipinski definition) is 2. The monoisotopic (exact) mass is 338 g/mol. The van der Waals surface area contributed by atoms with Crippen LogP contribution in [0.2, 0.25) is 0 Å². The Balaban J connectivity index is 2.49. The first-order valence-corrected chi connectivity index (χ1v) is 10.0. The van der Waals surface area contributed by atoms with Crippen LogP contribution < -0.4 is 0 Å². The Morgan fingerprint density at radius 1 is 1.12 bits per heavy atom. The molecule has 0 heterocycles. The lowest BCUT2D eigenvalue weighted by Gasteiger charge is -2.22. The van der Waals surface area contributed by atoms with E-state index in [4.69, 9.17) is 0 Å². The molecule has 1 aliphatic carbocycles. The Bertz CT molecular complexity index is 387. The number of aliphatic hydroxyl groups is 2. The van der Waals surface area contributed by atoms with Gasteiger partial charge >= 0.3 is 0 Å². The molecule has 0 aromatic heterocycles. The van der Waals surface area contributed by atoms with E-state index in [1.807, 2.05) is 19.1 Å². The van der Waals surface area contributed by atoms with Crippen molar-refractivity contribution in [2.75, 3.05) is 0 Å². The van der Waals surface area contributed by atoms with Crippen molar-refractivity contribution in [3.63, 3.8) is 0 Å². The van der Waals surface area contributed by atoms with Gasteiger partial charge in [-0.2, -0.15) is 0 Å². The average molecular weight is 339 g/mol. The van der Waals surface area contributed by atoms with Gasteiger partial charge < -0.3 is 10.2 Å². The third kappa shape index (κ3) is 7.48. The van der Waals surface area contributed by atoms with Gasteiger partial charge in [0.25, 0.3) is 0 Å². The lowest BCUT2D eigenvalue weighted by atomic mass is 9.87. The summed E-state index contributed by atoms with van der Waals surface area (Å²) in [6, 6.07) is 0. The minimum Gasteiger partial charge on any atom is -0.392 e. The van der Waals surface area contributed by atoms with Crippen LogP contribution in [-0.4, -0.2) is 27.7 Å². The van der Waals surface area contributed by atoms with Crippen LogP contribution in [0.3, 0.4) is 0 Å². The third-order valence-electron chi connectivity index (χ3n) is 5.34. The molecule has 24 heavy (non-hydrogen) atoms. The molecule has 1 fully saturated rings. The maximum Gasteiger partial charge on any atom is 0.139 e. The molecule has 2 N–H and O–H groups in total. The largest absolute Gasteiger partial charge is 0.392 e. The van der Waals surface area contributed by atoms with E-state index in [2.05, 4.69) is 13.8 Å². The van der Waals surface area contributed by atoms with Crippen molar-refractivity contribution in [1.82, 2.24) is 0 Å². The molecule has 140 valence electrons. The lowest BCUT2D eigenvalue weighted by Crippen LogP contribution is -2.23. The third-order valence-corrected chi connectivity index (χ3v) is 5.34. The van der Waals surface area contributed by atoms with Gasteiger partial charge in [0, 0.05) is 18.3 Å². The molecule has 3 heteroatoms. The van der Waals surface area contributed by atoms with E-state index in [0.29, 0.717) is 12.8 Å². The Kier molecular flexibility index (Phi) is 9.84. The molecule has 0 aliphatic heterocycles. The molecule has 0 radical (unpaired) electrons. The van der Waals surface area contributed by atoms with E-state index >= 15 is 0 Å². The van der Waals surface area contributed by atoms with Crippen molar-refractivity contribution >= 4 is 5.78 Å². The molecule has 1 aliphatic rings. The van der Waals surface area contributed by atoms with Crippen molar-refractivity contribution in [3.05, 3.63) is 12.2 Å². The van der Waals surface area contributed by atoms with Crippen molar-refractivity contribution in [2.24, 2.45) is 11.8 Å². The first-order chi connectivity index (χ1) is 11.4. The highest BCUT2D eigenvalue weighted by Crippen LogP contribution is 2.34. The standard InChI is InChI=1S/C21H38O3/c1-4-6-8-9-10-12-17-18(20(23)16-19(17)22)13-11-15-21(3,24)14-7-5-2/h11,13,17-18,20,23-24H,4-10,12,14-16H2,1-3H3/b13-11+/t17-,18-,20-,21?/m1/s1. The Morgan fingerprint density at radius 3 is 2.46 bits per heavy atom. The summed E-state index contributed by atoms with van der Waals surface area (Å²) < 4.78 is 0. The van der Waals surface area contributed by atoms with Gasteiger partial charge in [-0.1, -0.05) is 70.9 Å². The lowest BCUT2D eigenvalue weighted by molar-refractivity contribution is -0.121. The van der Waals surface area contributed by atoms with Crippen LogP contribution in [0.5, 0.6) is 0 Å². The maximum absolute atomic E-state index is 12.2. The van der Waals surface area contributed by atoms with Gasteiger partial charge in [-0.25, -0.2) is 0 Å². The van der Waals surface area contributed by atoms with E-state index in [1.165, 1.54) is 25.7 Å². The summed E-state index contributed by atoms with van der Waals surface area (Å²) in [6.07, 6.45) is 14.1. The highest BCUT2D eigenvalue weighted by atomic mass is 16.3. The van der Waals surface area contributed by atoms with Crippen LogP contribution in [0.25, 0.3) is 0 Å². The van der Waals surface area contributed by atoms with Crippen LogP contribution >= 0.6 is 0 Å². The fourth-order valence-corrected chi connectivity index (χ4v) is 3.70. The highest BCUT2D eigenvalue weighted by molar-refractivity contribution is 5.84. The van der Waals surface area contributed by atoms with E-state index in [-0.39, 0.29) is 17.6 Å². The number of rotatable bonds is 12. The summed E-state index contributed by atoms with van der Waals surface area (Å²) in [5, 5.41) is 20.6. The zero-order valence-electron chi connectivity index (χ0n) is 16.0. The van der Waals surface area contributed by atoms with Gasteiger partial charge in [0.1, 0.15) is 5.78 Å². The molecule has 4 atom stereocenters. The number of hydrogen-bond acceptors (Lipinski definition) is 3. The minimum atomic E-state index is -0.685. The first kappa shape index (κ1) is 21.4. The smallest absolute Gasteiger partial charge is 0.139 e. The normalized spacial score (nSPS) is 27.0. The van der Waals surface area contributed by atoms with Crippen LogP contribution in [0, 0.1) is 11.8 Å². The Morgan fingerprint density at radius 2 is 1.79 bits per heavy atom. The van der Waals surface area contributed by atoms with Crippen molar-refractivity contribution < 1.29 is 15.0 Å². The molecule has 0 spiro atoms. The van der Waals surface area contributed by atoms with Crippen molar-refractivity contribution in [3.8, 4) is 0 Å². The summed E-state index contributed by atoms with van der Waals surface area (Å²) in [5.74, 6) is 0.120. The van der Waals surface area contributed by atoms with Gasteiger partial charge in [-0.05, 0) is 26.2 Å². The van der Waals surface area contributed by atoms with Crippen LogP contribution in [0.15, 0.2) is 12.2 Å². The van der Waals surface area contributed by atoms with E-state index in [9.17, 15) is 15.0 Å². The van der Waals surface area contributed by atoms with E-state index in [0.717, 1.165) is 32.1 Å². The van der Waals surface area contributed by atoms with Crippen LogP contribution in [-0.2, 0) is 4.79 Å². The second-order valence-electron chi connectivity index (χ2n) is 7.86. The molecule has 0 saturated heterocycles. The van der Waals surface area contributed by atoms with Gasteiger partial charge in [-0.15, -0.1) is 0 Å². The molecule has 0 bridgehead atoms. The molecule has 3 nitrogen and oxygen atoms in total. The summed E-state index contributed by atoms with van der Waals surface area (Å²) in [7, 11) is 0. The van der Waals surface area contributed by atoms with Gasteiger partial charge in [0.05, 0.1) is 11.7 Å². The predicted molar refractivity (Wildman–Crippen MR) is 99.9 cm³/mol. The van der Waals surface area contributed by atoms with Crippen molar-refractivity contribution in [2.45, 2.75) is 103 Å². The maximum atomic E-state index is 12.2. The van der Waals surface area contributed by atoms with Crippen molar-refractivity contribution in [1.29, 1.82) is 0 Å². The number of unbranched alkanes of at least 4 members (excludes halogenated alkanes) is 5. The number of aliphatic hydroxyl groups excluding tert-OH is 1. The van der Waals surface area contributed by atoms with Gasteiger partial charge in [-0.3, -0.25) is 4.79 Å². The predicted octanol–water partition coefficient (Wildman–Crippen LogP) is 4.80. The quantitative estimate of drug-likeness (QED) is 0.397. The molecule has 1 unspecified atom stereocenters. The molecule has 0 aromatic carbocycles. The average Bonchev–Trinajstić information content (AvgIpc) is 2.79. The number of carbonyl (C=O) groups is 1. The molecular weight excluding hydrogens is 300 g/mol. The fourth-order valence-electron chi connectivity index (χ4n) is 3.70. The summed E-state index contributed by atoms with van der Waals surface area (Å²) in [5.41, 5.74) is -0.685. The van der Waals surface area contributed by atoms with Gasteiger partial charge in [0.2, 0.25) is 0 Å². The summed E-state index contributed by atoms with van der Waals surface area (Å²) >= 11 is 0. The first-order valence-electron chi connectivity index (χ1n) is 10.0. The summed E-state index contributed by atoms with van der Waals surface area (Å²) in [6.45, 7) is 6.19. The van der Waals surface area contributed by atoms with E-state index < -0.39 is 11.7 Å². The topological polar surface area (TPSA) is 57.5 Å². The second-order valence-corrected chi connectivity index (χ2v) is 7.86. The molecule has 1 rings (SSSR count). The highest BCUT2D eigenvalue weighted by Gasteiger charge is 2.39. The number of carbonyl (C=O) groups excluding carboxylic acids is 1. The van der Waals surface area contributed by atoms with Gasteiger partial charge in [0.15, 0.2) is 0 Å². The Hall–Kier alpha value is -0.670. The Labute approximate surface area is 148 Å². The molecule has 0 aromatic rings. The fraction of sp³-hybridized carbons (Fsp3) is 0.857.